The Balaban J connectivity index is 3.17. The Labute approximate surface area is 143 Å². The van der Waals surface area contributed by atoms with Crippen LogP contribution in [0.1, 0.15) is 39.3 Å². The second-order valence-corrected chi connectivity index (χ2v) is 7.74. The predicted molar refractivity (Wildman–Crippen MR) is 89.4 cm³/mol. The summed E-state index contributed by atoms with van der Waals surface area (Å²) >= 11 is 3.09. The van der Waals surface area contributed by atoms with E-state index in [4.69, 9.17) is 9.47 Å². The van der Waals surface area contributed by atoms with Gasteiger partial charge in [0.25, 0.3) is 4.45 Å². The van der Waals surface area contributed by atoms with Crippen molar-refractivity contribution in [2.24, 2.45) is 0 Å². The first-order valence-electron chi connectivity index (χ1n) is 6.94. The van der Waals surface area contributed by atoms with Gasteiger partial charge in [0.1, 0.15) is 17.4 Å². The molecule has 1 rings (SSSR count). The number of nitrogens with one attached hydrogen (secondary N) is 1. The summed E-state index contributed by atoms with van der Waals surface area (Å²) in [7, 11) is 1.50. The largest absolute Gasteiger partial charge is 0.497 e. The molecule has 0 spiro atoms. The SMILES string of the molecule is COc1cccc([C@H](NC(=O)OC(C)(C)C)[C@](C)(Br)[N+](=O)[O-])c1. The van der Waals surface area contributed by atoms with Gasteiger partial charge in [-0.1, -0.05) is 12.1 Å². The van der Waals surface area contributed by atoms with Gasteiger partial charge in [0.15, 0.2) is 0 Å². The van der Waals surface area contributed by atoms with E-state index in [1.54, 1.807) is 45.0 Å². The van der Waals surface area contributed by atoms with Crippen LogP contribution in [-0.4, -0.2) is 28.2 Å². The fourth-order valence-electron chi connectivity index (χ4n) is 1.87. The lowest BCUT2D eigenvalue weighted by Crippen LogP contribution is -2.46. The van der Waals surface area contributed by atoms with Crippen molar-refractivity contribution in [3.8, 4) is 5.75 Å². The van der Waals surface area contributed by atoms with Crippen molar-refractivity contribution in [1.82, 2.24) is 5.32 Å². The number of carbonyl (C=O) groups is 1. The van der Waals surface area contributed by atoms with Crippen LogP contribution in [0.5, 0.6) is 5.75 Å². The summed E-state index contributed by atoms with van der Waals surface area (Å²) in [4.78, 5) is 22.9. The number of alkyl carbamates (subject to hydrolysis) is 1. The lowest BCUT2D eigenvalue weighted by atomic mass is 10.0. The maximum Gasteiger partial charge on any atom is 0.408 e. The molecular weight excluding hydrogens is 368 g/mol. The van der Waals surface area contributed by atoms with Crippen LogP contribution in [0.2, 0.25) is 0 Å². The molecule has 0 radical (unpaired) electrons. The van der Waals surface area contributed by atoms with Crippen LogP contribution in [0.3, 0.4) is 0 Å². The van der Waals surface area contributed by atoms with E-state index >= 15 is 0 Å². The first kappa shape index (κ1) is 19.2. The third-order valence-corrected chi connectivity index (χ3v) is 3.72. The highest BCUT2D eigenvalue weighted by atomic mass is 79.9. The van der Waals surface area contributed by atoms with Gasteiger partial charge in [-0.15, -0.1) is 0 Å². The van der Waals surface area contributed by atoms with E-state index in [1.165, 1.54) is 14.0 Å². The molecule has 0 aliphatic heterocycles. The van der Waals surface area contributed by atoms with Gasteiger partial charge < -0.3 is 14.8 Å². The molecule has 128 valence electrons. The number of hydrogen-bond acceptors (Lipinski definition) is 5. The third kappa shape index (κ3) is 5.38. The van der Waals surface area contributed by atoms with Crippen molar-refractivity contribution in [2.75, 3.05) is 7.11 Å². The van der Waals surface area contributed by atoms with E-state index in [0.717, 1.165) is 0 Å². The molecule has 0 unspecified atom stereocenters. The molecule has 1 aromatic carbocycles. The normalized spacial score (nSPS) is 15.2. The maximum absolute atomic E-state index is 12.1. The number of amides is 1. The van der Waals surface area contributed by atoms with Crippen LogP contribution in [0.4, 0.5) is 4.79 Å². The van der Waals surface area contributed by atoms with Gasteiger partial charge in [-0.2, -0.15) is 0 Å². The molecule has 23 heavy (non-hydrogen) atoms. The predicted octanol–water partition coefficient (Wildman–Crippen LogP) is 3.65. The number of nitrogens with zero attached hydrogens (tertiary/aromatic N) is 1. The Morgan fingerprint density at radius 1 is 1.35 bits per heavy atom. The summed E-state index contributed by atoms with van der Waals surface area (Å²) in [5, 5.41) is 13.9. The number of ether oxygens (including phenoxy) is 2. The molecule has 0 heterocycles. The summed E-state index contributed by atoms with van der Waals surface area (Å²) in [5.41, 5.74) is -0.188. The van der Waals surface area contributed by atoms with Crippen LogP contribution in [0, 0.1) is 10.1 Å². The number of halogens is 1. The molecule has 1 aromatic rings. The number of rotatable bonds is 5. The Hall–Kier alpha value is -1.83. The van der Waals surface area contributed by atoms with Crippen LogP contribution < -0.4 is 10.1 Å². The van der Waals surface area contributed by atoms with E-state index in [9.17, 15) is 14.9 Å². The fourth-order valence-corrected chi connectivity index (χ4v) is 2.25. The minimum absolute atomic E-state index is 0.505. The monoisotopic (exact) mass is 388 g/mol. The zero-order chi connectivity index (χ0) is 17.8. The zero-order valence-electron chi connectivity index (χ0n) is 13.8. The first-order valence-corrected chi connectivity index (χ1v) is 7.73. The summed E-state index contributed by atoms with van der Waals surface area (Å²) < 4.78 is 8.72. The van der Waals surface area contributed by atoms with Gasteiger partial charge in [-0.05, 0) is 38.5 Å². The Bertz CT molecular complexity index is 583. The molecule has 0 aliphatic carbocycles. The highest BCUT2D eigenvalue weighted by molar-refractivity contribution is 9.10. The van der Waals surface area contributed by atoms with Crippen molar-refractivity contribution in [3.05, 3.63) is 39.9 Å². The van der Waals surface area contributed by atoms with E-state index in [1.807, 2.05) is 0 Å². The highest BCUT2D eigenvalue weighted by Gasteiger charge is 2.46. The van der Waals surface area contributed by atoms with Crippen LogP contribution >= 0.6 is 15.9 Å². The van der Waals surface area contributed by atoms with Gasteiger partial charge >= 0.3 is 6.09 Å². The molecular formula is C15H21BrN2O5. The van der Waals surface area contributed by atoms with Gasteiger partial charge in [0.05, 0.1) is 7.11 Å². The van der Waals surface area contributed by atoms with Crippen molar-refractivity contribution in [1.29, 1.82) is 0 Å². The molecule has 2 atom stereocenters. The molecule has 0 saturated heterocycles. The van der Waals surface area contributed by atoms with Crippen LogP contribution in [0.25, 0.3) is 0 Å². The number of methoxy groups -OCH3 is 1. The van der Waals surface area contributed by atoms with Crippen molar-refractivity contribution in [2.45, 2.75) is 43.8 Å². The van der Waals surface area contributed by atoms with Crippen molar-refractivity contribution in [3.63, 3.8) is 0 Å². The minimum Gasteiger partial charge on any atom is -0.497 e. The van der Waals surface area contributed by atoms with Gasteiger partial charge in [-0.3, -0.25) is 10.1 Å². The Kier molecular flexibility index (Phi) is 5.98. The Morgan fingerprint density at radius 2 is 1.96 bits per heavy atom. The topological polar surface area (TPSA) is 90.7 Å². The van der Waals surface area contributed by atoms with Gasteiger partial charge in [0.2, 0.25) is 0 Å². The number of alkyl halides is 1. The average Bonchev–Trinajstić information content (AvgIpc) is 2.42. The second-order valence-electron chi connectivity index (χ2n) is 6.14. The third-order valence-electron chi connectivity index (χ3n) is 2.97. The minimum atomic E-state index is -1.61. The van der Waals surface area contributed by atoms with Crippen molar-refractivity contribution >= 4 is 22.0 Å². The Morgan fingerprint density at radius 3 is 2.43 bits per heavy atom. The smallest absolute Gasteiger partial charge is 0.408 e. The average molecular weight is 389 g/mol. The van der Waals surface area contributed by atoms with Crippen LogP contribution in [-0.2, 0) is 4.74 Å². The van der Waals surface area contributed by atoms with E-state index in [0.29, 0.717) is 11.3 Å². The molecule has 0 aromatic heterocycles. The standard InChI is InChI=1S/C15H21BrN2O5/c1-14(2,3)23-13(19)17-12(15(4,16)18(20)21)10-7-6-8-11(9-10)22-5/h6-9,12H,1-5H3,(H,17,19)/t12-,15+/m0/s1. The van der Waals surface area contributed by atoms with Crippen molar-refractivity contribution < 1.29 is 19.2 Å². The molecule has 0 fully saturated rings. The quantitative estimate of drug-likeness (QED) is 0.359. The molecule has 0 aliphatic rings. The molecule has 0 saturated carbocycles. The van der Waals surface area contributed by atoms with E-state index in [2.05, 4.69) is 21.2 Å². The van der Waals surface area contributed by atoms with Gasteiger partial charge in [0, 0.05) is 27.8 Å². The summed E-state index contributed by atoms with van der Waals surface area (Å²) in [5.74, 6) is 0.533. The van der Waals surface area contributed by atoms with Crippen LogP contribution in [0.15, 0.2) is 24.3 Å². The highest BCUT2D eigenvalue weighted by Crippen LogP contribution is 2.35. The second kappa shape index (κ2) is 7.16. The summed E-state index contributed by atoms with van der Waals surface area (Å²) in [6.45, 7) is 6.52. The summed E-state index contributed by atoms with van der Waals surface area (Å²) in [6.07, 6.45) is -0.738. The summed E-state index contributed by atoms with van der Waals surface area (Å²) in [6, 6.07) is 5.76. The number of carbonyl (C=O) groups excluding carboxylic acids is 1. The van der Waals surface area contributed by atoms with E-state index < -0.39 is 27.1 Å². The molecule has 7 nitrogen and oxygen atoms in total. The number of benzene rings is 1. The number of hydrogen-bond donors (Lipinski definition) is 1. The fraction of sp³-hybridized carbons (Fsp3) is 0.533. The molecule has 0 bridgehead atoms. The zero-order valence-corrected chi connectivity index (χ0v) is 15.3. The molecule has 1 N–H and O–H groups in total. The lowest BCUT2D eigenvalue weighted by Gasteiger charge is -2.28. The van der Waals surface area contributed by atoms with Gasteiger partial charge in [-0.25, -0.2) is 4.79 Å². The van der Waals surface area contributed by atoms with E-state index in [-0.39, 0.29) is 0 Å². The first-order chi connectivity index (χ1) is 10.5. The number of nitro groups is 1. The molecule has 1 amide bonds. The maximum atomic E-state index is 12.1. The molecule has 8 heteroatoms. The lowest BCUT2D eigenvalue weighted by molar-refractivity contribution is -0.536.